The monoisotopic (exact) mass is 516 g/mol. The predicted octanol–water partition coefficient (Wildman–Crippen LogP) is 5.64. The molecule has 2 aromatic carbocycles. The van der Waals surface area contributed by atoms with Gasteiger partial charge in [0, 0.05) is 16.6 Å². The van der Waals surface area contributed by atoms with E-state index in [1.165, 1.54) is 24.3 Å². The molecule has 1 amide bonds. The molecule has 1 N–H and O–H groups in total. The van der Waals surface area contributed by atoms with Gasteiger partial charge in [-0.2, -0.15) is 0 Å². The van der Waals surface area contributed by atoms with Crippen molar-refractivity contribution in [1.82, 2.24) is 10.3 Å². The van der Waals surface area contributed by atoms with E-state index < -0.39 is 21.5 Å². The van der Waals surface area contributed by atoms with E-state index in [0.29, 0.717) is 16.5 Å². The quantitative estimate of drug-likeness (QED) is 0.439. The largest absolute Gasteiger partial charge is 0.350 e. The first-order valence-electron chi connectivity index (χ1n) is 9.03. The Bertz CT molecular complexity index is 1190. The Morgan fingerprint density at radius 3 is 2.00 bits per heavy atom. The van der Waals surface area contributed by atoms with Crippen LogP contribution in [-0.4, -0.2) is 25.9 Å². The van der Waals surface area contributed by atoms with E-state index in [0.717, 1.165) is 5.56 Å². The number of carbonyl (C=O) groups excluding carboxylic acids is 1. The first kappa shape index (κ1) is 23.8. The van der Waals surface area contributed by atoms with Gasteiger partial charge in [-0.05, 0) is 48.4 Å². The Hall–Kier alpha value is -1.83. The average Bonchev–Trinajstić information content (AvgIpc) is 2.69. The molecule has 0 fully saturated rings. The van der Waals surface area contributed by atoms with E-state index in [9.17, 15) is 13.2 Å². The number of rotatable bonds is 7. The van der Waals surface area contributed by atoms with Gasteiger partial charge in [-0.1, -0.05) is 64.6 Å². The topological polar surface area (TPSA) is 76.1 Å². The number of hydrogen-bond donors (Lipinski definition) is 1. The lowest BCUT2D eigenvalue weighted by atomic mass is 10.1. The zero-order valence-electron chi connectivity index (χ0n) is 15.9. The number of pyridine rings is 1. The van der Waals surface area contributed by atoms with E-state index in [-0.39, 0.29) is 32.9 Å². The van der Waals surface area contributed by atoms with Gasteiger partial charge in [0.05, 0.1) is 21.5 Å². The molecule has 5 nitrogen and oxygen atoms in total. The number of hydrogen-bond acceptors (Lipinski definition) is 4. The van der Waals surface area contributed by atoms with Crippen LogP contribution in [0.4, 0.5) is 0 Å². The summed E-state index contributed by atoms with van der Waals surface area (Å²) >= 11 is 24.3. The maximum Gasteiger partial charge on any atom is 0.269 e. The molecule has 0 aliphatic carbocycles. The molecule has 0 saturated heterocycles. The normalized spacial score (nSPS) is 11.4. The van der Waals surface area contributed by atoms with Crippen LogP contribution in [0, 0.1) is 0 Å². The molecule has 0 aliphatic heterocycles. The Kier molecular flexibility index (Phi) is 7.83. The van der Waals surface area contributed by atoms with Crippen molar-refractivity contribution < 1.29 is 13.2 Å². The summed E-state index contributed by atoms with van der Waals surface area (Å²) in [5.74, 6) is -0.898. The predicted molar refractivity (Wildman–Crippen MR) is 124 cm³/mol. The highest BCUT2D eigenvalue weighted by molar-refractivity contribution is 7.90. The second-order valence-corrected chi connectivity index (χ2v) is 10.1. The van der Waals surface area contributed by atoms with Crippen LogP contribution in [0.1, 0.15) is 21.7 Å². The van der Waals surface area contributed by atoms with Crippen LogP contribution in [0.2, 0.25) is 20.1 Å². The maximum atomic E-state index is 12.8. The number of nitrogens with one attached hydrogen (secondary N) is 1. The summed E-state index contributed by atoms with van der Waals surface area (Å²) in [5, 5.41) is 3.82. The van der Waals surface area contributed by atoms with Crippen LogP contribution < -0.4 is 5.32 Å². The fourth-order valence-corrected chi connectivity index (χ4v) is 6.01. The lowest BCUT2D eigenvalue weighted by molar-refractivity contribution is 0.0949. The van der Waals surface area contributed by atoms with Crippen molar-refractivity contribution in [2.75, 3.05) is 6.54 Å². The van der Waals surface area contributed by atoms with Crippen LogP contribution >= 0.6 is 46.4 Å². The van der Waals surface area contributed by atoms with Crippen LogP contribution in [-0.2, 0) is 22.0 Å². The summed E-state index contributed by atoms with van der Waals surface area (Å²) in [7, 11) is -3.87. The number of amides is 1. The zero-order chi connectivity index (χ0) is 22.6. The second-order valence-electron chi connectivity index (χ2n) is 6.53. The fraction of sp³-hybridized carbons (Fsp3) is 0.143. The SMILES string of the molecule is O=C(NCCc1c(Cl)cccc1Cl)c1cccc(CS(=O)(=O)c2c(Cl)cccc2Cl)n1. The zero-order valence-corrected chi connectivity index (χ0v) is 19.7. The average molecular weight is 518 g/mol. The highest BCUT2D eigenvalue weighted by Gasteiger charge is 2.23. The van der Waals surface area contributed by atoms with Crippen molar-refractivity contribution in [3.63, 3.8) is 0 Å². The first-order chi connectivity index (χ1) is 14.7. The van der Waals surface area contributed by atoms with Crippen molar-refractivity contribution >= 4 is 62.1 Å². The lowest BCUT2D eigenvalue weighted by Crippen LogP contribution is -2.27. The molecule has 0 bridgehead atoms. The molecular weight excluding hydrogens is 502 g/mol. The first-order valence-corrected chi connectivity index (χ1v) is 12.2. The van der Waals surface area contributed by atoms with Gasteiger partial charge in [-0.25, -0.2) is 13.4 Å². The van der Waals surface area contributed by atoms with Crippen LogP contribution in [0.3, 0.4) is 0 Å². The van der Waals surface area contributed by atoms with Crippen molar-refractivity contribution in [3.05, 3.63) is 91.6 Å². The summed E-state index contributed by atoms with van der Waals surface area (Å²) in [5.41, 5.74) is 1.01. The Labute approximate surface area is 200 Å². The molecule has 0 aliphatic rings. The number of carbonyl (C=O) groups is 1. The maximum absolute atomic E-state index is 12.8. The number of sulfone groups is 1. The van der Waals surface area contributed by atoms with Crippen molar-refractivity contribution in [3.8, 4) is 0 Å². The van der Waals surface area contributed by atoms with Gasteiger partial charge in [-0.3, -0.25) is 4.79 Å². The fourth-order valence-electron chi connectivity index (χ4n) is 2.90. The summed E-state index contributed by atoms with van der Waals surface area (Å²) in [4.78, 5) is 16.5. The smallest absolute Gasteiger partial charge is 0.269 e. The molecule has 0 radical (unpaired) electrons. The Balaban J connectivity index is 1.70. The van der Waals surface area contributed by atoms with Crippen LogP contribution in [0.15, 0.2) is 59.5 Å². The summed E-state index contributed by atoms with van der Waals surface area (Å²) in [6.07, 6.45) is 0.434. The molecule has 3 rings (SSSR count). The molecule has 162 valence electrons. The highest BCUT2D eigenvalue weighted by Crippen LogP contribution is 2.31. The Morgan fingerprint density at radius 1 is 0.839 bits per heavy atom. The van der Waals surface area contributed by atoms with E-state index in [1.54, 1.807) is 30.3 Å². The number of nitrogens with zero attached hydrogens (tertiary/aromatic N) is 1. The van der Waals surface area contributed by atoms with Crippen LogP contribution in [0.5, 0.6) is 0 Å². The number of halogens is 4. The van der Waals surface area contributed by atoms with Crippen molar-refractivity contribution in [2.45, 2.75) is 17.1 Å². The van der Waals surface area contributed by atoms with Gasteiger partial charge < -0.3 is 5.32 Å². The number of aromatic nitrogens is 1. The van der Waals surface area contributed by atoms with Crippen LogP contribution in [0.25, 0.3) is 0 Å². The third-order valence-electron chi connectivity index (χ3n) is 4.33. The third kappa shape index (κ3) is 5.90. The standard InChI is InChI=1S/C21H16Cl4N2O3S/c22-15-5-2-6-16(23)14(15)10-11-26-21(28)19-9-1-4-13(27-19)12-31(29,30)20-17(24)7-3-8-18(20)25/h1-9H,10-12H2,(H,26,28). The minimum Gasteiger partial charge on any atom is -0.350 e. The highest BCUT2D eigenvalue weighted by atomic mass is 35.5. The van der Waals surface area contributed by atoms with E-state index in [1.807, 2.05) is 0 Å². The molecular formula is C21H16Cl4N2O3S. The minimum atomic E-state index is -3.87. The van der Waals surface area contributed by atoms with Gasteiger partial charge in [0.25, 0.3) is 5.91 Å². The molecule has 0 unspecified atom stereocenters. The van der Waals surface area contributed by atoms with Gasteiger partial charge >= 0.3 is 0 Å². The molecule has 1 aromatic heterocycles. The van der Waals surface area contributed by atoms with Crippen molar-refractivity contribution in [1.29, 1.82) is 0 Å². The van der Waals surface area contributed by atoms with Gasteiger partial charge in [-0.15, -0.1) is 0 Å². The molecule has 0 saturated carbocycles. The minimum absolute atomic E-state index is 0.0274. The van der Waals surface area contributed by atoms with Gasteiger partial charge in [0.15, 0.2) is 9.84 Å². The Morgan fingerprint density at radius 2 is 1.39 bits per heavy atom. The summed E-state index contributed by atoms with van der Waals surface area (Å²) < 4.78 is 25.6. The molecule has 1 heterocycles. The summed E-state index contributed by atoms with van der Waals surface area (Å²) in [6.45, 7) is 0.279. The van der Waals surface area contributed by atoms with E-state index in [2.05, 4.69) is 10.3 Å². The molecule has 0 atom stereocenters. The second kappa shape index (κ2) is 10.2. The van der Waals surface area contributed by atoms with Gasteiger partial charge in [0.2, 0.25) is 0 Å². The van der Waals surface area contributed by atoms with E-state index >= 15 is 0 Å². The molecule has 3 aromatic rings. The molecule has 0 spiro atoms. The molecule has 31 heavy (non-hydrogen) atoms. The van der Waals surface area contributed by atoms with E-state index in [4.69, 9.17) is 46.4 Å². The lowest BCUT2D eigenvalue weighted by Gasteiger charge is -2.10. The van der Waals surface area contributed by atoms with Gasteiger partial charge in [0.1, 0.15) is 10.6 Å². The van der Waals surface area contributed by atoms with Crippen molar-refractivity contribution in [2.24, 2.45) is 0 Å². The molecule has 10 heteroatoms. The number of benzene rings is 2. The third-order valence-corrected chi connectivity index (χ3v) is 7.63. The summed E-state index contributed by atoms with van der Waals surface area (Å²) in [6, 6.07) is 14.2.